The van der Waals surface area contributed by atoms with Crippen molar-refractivity contribution in [3.8, 4) is 5.75 Å². The van der Waals surface area contributed by atoms with Crippen LogP contribution in [0.15, 0.2) is 111 Å². The minimum atomic E-state index is -1.28. The summed E-state index contributed by atoms with van der Waals surface area (Å²) >= 11 is 0. The molecule has 5 aromatic rings. The van der Waals surface area contributed by atoms with Crippen molar-refractivity contribution in [2.24, 2.45) is 5.92 Å². The maximum atomic E-state index is 14.6. The zero-order valence-corrected chi connectivity index (χ0v) is 36.6. The minimum absolute atomic E-state index is 0.00814. The highest BCUT2D eigenvalue weighted by atomic mass is 16.6. The molecule has 0 saturated carbocycles. The van der Waals surface area contributed by atoms with Crippen LogP contribution in [0.2, 0.25) is 0 Å². The van der Waals surface area contributed by atoms with Crippen LogP contribution in [0, 0.1) is 5.92 Å². The molecular formula is C52H58O11. The third-order valence-corrected chi connectivity index (χ3v) is 12.4. The first-order valence-corrected chi connectivity index (χ1v) is 21.9. The third-order valence-electron chi connectivity index (χ3n) is 12.4. The number of benzene rings is 4. The molecule has 0 spiro atoms. The summed E-state index contributed by atoms with van der Waals surface area (Å²) in [5.74, 6) is -1.68. The summed E-state index contributed by atoms with van der Waals surface area (Å²) < 4.78 is 30.8. The van der Waals surface area contributed by atoms with Crippen molar-refractivity contribution >= 4 is 22.9 Å². The van der Waals surface area contributed by atoms with Crippen LogP contribution in [0.25, 0.3) is 11.0 Å². The fourth-order valence-electron chi connectivity index (χ4n) is 9.12. The van der Waals surface area contributed by atoms with Crippen LogP contribution in [-0.4, -0.2) is 59.0 Å². The van der Waals surface area contributed by atoms with E-state index in [1.54, 1.807) is 26.0 Å². The van der Waals surface area contributed by atoms with Gasteiger partial charge in [0.05, 0.1) is 18.8 Å². The Balaban J connectivity index is 1.29. The second kappa shape index (κ2) is 20.3. The lowest BCUT2D eigenvalue weighted by Crippen LogP contribution is -2.52. The molecule has 0 fully saturated rings. The van der Waals surface area contributed by atoms with Gasteiger partial charge in [-0.15, -0.1) is 0 Å². The Hall–Kier alpha value is -5.59. The molecule has 63 heavy (non-hydrogen) atoms. The normalized spacial score (nSPS) is 19.4. The van der Waals surface area contributed by atoms with Crippen LogP contribution in [0.1, 0.15) is 110 Å². The summed E-state index contributed by atoms with van der Waals surface area (Å²) in [4.78, 5) is 42.9. The van der Waals surface area contributed by atoms with E-state index in [-0.39, 0.29) is 60.0 Å². The zero-order chi connectivity index (χ0) is 44.7. The first-order valence-electron chi connectivity index (χ1n) is 21.9. The van der Waals surface area contributed by atoms with E-state index in [9.17, 15) is 29.7 Å². The lowest BCUT2D eigenvalue weighted by molar-refractivity contribution is -0.188. The molecule has 0 amide bonds. The molecule has 0 radical (unpaired) electrons. The van der Waals surface area contributed by atoms with Crippen molar-refractivity contribution in [3.05, 3.63) is 157 Å². The Kier molecular flexibility index (Phi) is 14.6. The number of hydrogen-bond donors (Lipinski definition) is 3. The van der Waals surface area contributed by atoms with Gasteiger partial charge < -0.3 is 38.7 Å². The highest BCUT2D eigenvalue weighted by Crippen LogP contribution is 2.48. The quantitative estimate of drug-likeness (QED) is 0.0481. The molecule has 4 aromatic carbocycles. The van der Waals surface area contributed by atoms with E-state index in [2.05, 4.69) is 60.7 Å². The van der Waals surface area contributed by atoms with Crippen molar-refractivity contribution in [1.29, 1.82) is 0 Å². The van der Waals surface area contributed by atoms with Gasteiger partial charge in [0.1, 0.15) is 23.7 Å². The van der Waals surface area contributed by atoms with Gasteiger partial charge in [0.15, 0.2) is 12.2 Å². The van der Waals surface area contributed by atoms with Crippen LogP contribution >= 0.6 is 0 Å². The number of ether oxygens (including phenoxy) is 4. The van der Waals surface area contributed by atoms with Crippen LogP contribution in [0.4, 0.5) is 0 Å². The lowest BCUT2D eigenvalue weighted by atomic mass is 9.85. The predicted octanol–water partition coefficient (Wildman–Crippen LogP) is 8.14. The Morgan fingerprint density at radius 2 is 1.56 bits per heavy atom. The molecule has 4 atom stereocenters. The number of fused-ring (bicyclic) bond motifs is 13. The summed E-state index contributed by atoms with van der Waals surface area (Å²) in [6, 6.07) is 30.6. The fourth-order valence-corrected chi connectivity index (χ4v) is 9.12. The summed E-state index contributed by atoms with van der Waals surface area (Å²) in [6.45, 7) is 5.65. The van der Waals surface area contributed by atoms with Gasteiger partial charge in [-0.3, -0.25) is 4.79 Å². The van der Waals surface area contributed by atoms with Crippen LogP contribution in [-0.2, 0) is 56.1 Å². The largest absolute Gasteiger partial charge is 0.483 e. The van der Waals surface area contributed by atoms with E-state index in [1.165, 1.54) is 16.7 Å². The maximum Gasteiger partial charge on any atom is 0.340 e. The van der Waals surface area contributed by atoms with Gasteiger partial charge >= 0.3 is 17.6 Å². The molecule has 0 saturated heterocycles. The molecule has 4 unspecified atom stereocenters. The molecule has 3 N–H and O–H groups in total. The number of carbonyl (C=O) groups excluding carboxylic acids is 2. The number of allylic oxidation sites excluding steroid dienone is 1. The molecule has 11 nitrogen and oxygen atoms in total. The standard InChI is InChI=1S/C52H58O11/c1-32(2)40-20-19-33-13-15-36(16-14-33)27-38(18-17-35-11-8-12-37(26-35)25-34-9-6-5-7-10-34)28-44(56)60-48-46-43(63-52(3,4)49(48)62-50(40)57)22-21-41-42(29-54)45(51(58)61-47(41)46)39(23-24-53)30-59-31-55/h5-16,21-22,26,38-39,48-49,53-55H,17-20,23-25,27-31H2,1-4H3. The monoisotopic (exact) mass is 858 g/mol. The number of aliphatic hydroxyl groups excluding tert-OH is 3. The van der Waals surface area contributed by atoms with Crippen LogP contribution in [0.5, 0.6) is 5.75 Å². The Morgan fingerprint density at radius 1 is 0.825 bits per heavy atom. The molecule has 1 aromatic heterocycles. The van der Waals surface area contributed by atoms with E-state index in [4.69, 9.17) is 23.4 Å². The predicted molar refractivity (Wildman–Crippen MR) is 238 cm³/mol. The molecule has 3 aliphatic heterocycles. The number of rotatable bonds is 12. The van der Waals surface area contributed by atoms with Gasteiger partial charge in [0.25, 0.3) is 0 Å². The number of carbonyl (C=O) groups is 2. The summed E-state index contributed by atoms with van der Waals surface area (Å²) in [5, 5.41) is 30.4. The number of esters is 2. The first kappa shape index (κ1) is 45.4. The average molecular weight is 859 g/mol. The number of aryl methyl sites for hydroxylation is 2. The maximum absolute atomic E-state index is 14.6. The van der Waals surface area contributed by atoms with E-state index < -0.39 is 54.7 Å². The van der Waals surface area contributed by atoms with Gasteiger partial charge in [0, 0.05) is 35.5 Å². The Morgan fingerprint density at radius 3 is 2.27 bits per heavy atom. The fraction of sp³-hybridized carbons (Fsp3) is 0.404. The van der Waals surface area contributed by atoms with Gasteiger partial charge in [-0.05, 0) is 124 Å². The smallest absolute Gasteiger partial charge is 0.340 e. The first-order chi connectivity index (χ1) is 30.4. The second-order valence-corrected chi connectivity index (χ2v) is 17.5. The van der Waals surface area contributed by atoms with Crippen LogP contribution in [0.3, 0.4) is 0 Å². The summed E-state index contributed by atoms with van der Waals surface area (Å²) in [6.07, 6.45) is 1.56. The number of aliphatic hydroxyl groups is 3. The second-order valence-electron chi connectivity index (χ2n) is 17.5. The van der Waals surface area contributed by atoms with E-state index in [0.29, 0.717) is 36.6 Å². The van der Waals surface area contributed by atoms with E-state index in [1.807, 2.05) is 32.0 Å². The molecule has 4 heterocycles. The Labute approximate surface area is 368 Å². The molecule has 0 aliphatic carbocycles. The highest BCUT2D eigenvalue weighted by Gasteiger charge is 2.51. The van der Waals surface area contributed by atoms with Crippen molar-refractivity contribution in [2.75, 3.05) is 20.0 Å². The van der Waals surface area contributed by atoms with Crippen molar-refractivity contribution < 1.29 is 48.3 Å². The summed E-state index contributed by atoms with van der Waals surface area (Å²) in [7, 11) is 0. The van der Waals surface area contributed by atoms with Gasteiger partial charge in [-0.2, -0.15) is 0 Å². The van der Waals surface area contributed by atoms with E-state index in [0.717, 1.165) is 29.5 Å². The van der Waals surface area contributed by atoms with Crippen molar-refractivity contribution in [2.45, 2.75) is 109 Å². The van der Waals surface area contributed by atoms with Gasteiger partial charge in [-0.25, -0.2) is 9.59 Å². The minimum Gasteiger partial charge on any atom is -0.483 e. The SMILES string of the molecule is CC(C)=C1CCc2ccc(cc2)CC(CCc2cccc(Cc3ccccc3)c2)CC(=O)OC2c3c(ccc4c(CO)c(C(CCO)COCO)c(=O)oc34)OC(C)(C)C2OC1=O. The molecule has 8 rings (SSSR count). The highest BCUT2D eigenvalue weighted by molar-refractivity contribution is 5.90. The summed E-state index contributed by atoms with van der Waals surface area (Å²) in [5.41, 5.74) is 5.54. The molecular weight excluding hydrogens is 801 g/mol. The zero-order valence-electron chi connectivity index (χ0n) is 36.6. The number of hydrogen-bond acceptors (Lipinski definition) is 11. The van der Waals surface area contributed by atoms with Crippen molar-refractivity contribution in [1.82, 2.24) is 0 Å². The van der Waals surface area contributed by atoms with Crippen molar-refractivity contribution in [3.63, 3.8) is 0 Å². The van der Waals surface area contributed by atoms with Gasteiger partial charge in [0.2, 0.25) is 0 Å². The van der Waals surface area contributed by atoms with Gasteiger partial charge in [-0.1, -0.05) is 84.4 Å². The molecule has 11 heteroatoms. The third kappa shape index (κ3) is 10.6. The topological polar surface area (TPSA) is 162 Å². The van der Waals surface area contributed by atoms with E-state index >= 15 is 0 Å². The molecule has 3 aliphatic rings. The molecule has 2 bridgehead atoms. The average Bonchev–Trinajstić information content (AvgIpc) is 3.25. The molecule has 332 valence electrons. The lowest BCUT2D eigenvalue weighted by Gasteiger charge is -2.43. The Bertz CT molecular complexity index is 2480. The van der Waals surface area contributed by atoms with Crippen LogP contribution < -0.4 is 10.4 Å².